The second kappa shape index (κ2) is 5.61. The fourth-order valence-corrected chi connectivity index (χ4v) is 2.32. The Labute approximate surface area is 122 Å². The lowest BCUT2D eigenvalue weighted by Crippen LogP contribution is -2.32. The third kappa shape index (κ3) is 2.92. The maximum Gasteiger partial charge on any atom is 0.270 e. The van der Waals surface area contributed by atoms with Crippen LogP contribution in [0.2, 0.25) is 0 Å². The van der Waals surface area contributed by atoms with Crippen LogP contribution in [0.15, 0.2) is 24.7 Å². The van der Waals surface area contributed by atoms with Gasteiger partial charge >= 0.3 is 0 Å². The average Bonchev–Trinajstić information content (AvgIpc) is 3.26. The fraction of sp³-hybridized carbons (Fsp3) is 0.429. The Morgan fingerprint density at radius 3 is 2.95 bits per heavy atom. The fourth-order valence-electron chi connectivity index (χ4n) is 2.32. The Morgan fingerprint density at radius 1 is 1.52 bits per heavy atom. The number of hydrogen-bond acceptors (Lipinski definition) is 5. The number of amides is 1. The first-order valence-electron chi connectivity index (χ1n) is 6.89. The van der Waals surface area contributed by atoms with E-state index in [4.69, 9.17) is 5.11 Å². The van der Waals surface area contributed by atoms with Gasteiger partial charge in [0.15, 0.2) is 0 Å². The van der Waals surface area contributed by atoms with Crippen molar-refractivity contribution >= 4 is 5.91 Å². The highest BCUT2D eigenvalue weighted by molar-refractivity contribution is 5.92. The normalized spacial score (nSPS) is 15.7. The van der Waals surface area contributed by atoms with Crippen LogP contribution in [0.3, 0.4) is 0 Å². The average molecular weight is 287 g/mol. The van der Waals surface area contributed by atoms with Crippen molar-refractivity contribution in [3.05, 3.63) is 41.7 Å². The second-order valence-corrected chi connectivity index (χ2v) is 5.24. The van der Waals surface area contributed by atoms with E-state index in [-0.39, 0.29) is 18.6 Å². The van der Waals surface area contributed by atoms with Crippen molar-refractivity contribution in [3.63, 3.8) is 0 Å². The Hall–Kier alpha value is -2.28. The molecule has 0 spiro atoms. The molecule has 2 aromatic rings. The number of aliphatic hydroxyl groups is 1. The van der Waals surface area contributed by atoms with Crippen molar-refractivity contribution in [3.8, 4) is 0 Å². The monoisotopic (exact) mass is 287 g/mol. The molecule has 1 amide bonds. The Balaban J connectivity index is 1.79. The summed E-state index contributed by atoms with van der Waals surface area (Å²) < 4.78 is 1.68. The molecule has 1 saturated carbocycles. The van der Waals surface area contributed by atoms with Gasteiger partial charge in [0, 0.05) is 13.2 Å². The van der Waals surface area contributed by atoms with Gasteiger partial charge in [-0.2, -0.15) is 5.10 Å². The number of carbonyl (C=O) groups is 1. The van der Waals surface area contributed by atoms with Crippen LogP contribution in [0.1, 0.15) is 40.8 Å². The molecule has 21 heavy (non-hydrogen) atoms. The highest BCUT2D eigenvalue weighted by atomic mass is 16.3. The number of aliphatic hydroxyl groups excluding tert-OH is 1. The van der Waals surface area contributed by atoms with Gasteiger partial charge in [-0.3, -0.25) is 14.5 Å². The van der Waals surface area contributed by atoms with Crippen molar-refractivity contribution in [1.29, 1.82) is 0 Å². The molecule has 1 atom stereocenters. The number of nitrogens with zero attached hydrogens (tertiary/aromatic N) is 4. The maximum atomic E-state index is 12.3. The minimum Gasteiger partial charge on any atom is -0.392 e. The summed E-state index contributed by atoms with van der Waals surface area (Å²) in [5.41, 5.74) is 0.964. The SMILES string of the molecule is Cn1ncnc1C(NC(=O)c1cc(CO)ccn1)C1CC1. The number of rotatable bonds is 5. The van der Waals surface area contributed by atoms with E-state index in [1.807, 2.05) is 7.05 Å². The van der Waals surface area contributed by atoms with Crippen LogP contribution >= 0.6 is 0 Å². The number of carbonyl (C=O) groups excluding carboxylic acids is 1. The van der Waals surface area contributed by atoms with Crippen LogP contribution in [-0.2, 0) is 13.7 Å². The van der Waals surface area contributed by atoms with Crippen LogP contribution in [0.4, 0.5) is 0 Å². The molecule has 2 N–H and O–H groups in total. The Kier molecular flexibility index (Phi) is 3.66. The smallest absolute Gasteiger partial charge is 0.270 e. The summed E-state index contributed by atoms with van der Waals surface area (Å²) in [7, 11) is 1.81. The number of hydrogen-bond donors (Lipinski definition) is 2. The summed E-state index contributed by atoms with van der Waals surface area (Å²) in [5, 5.41) is 16.2. The summed E-state index contributed by atoms with van der Waals surface area (Å²) in [4.78, 5) is 20.6. The highest BCUT2D eigenvalue weighted by Gasteiger charge is 2.36. The zero-order valence-corrected chi connectivity index (χ0v) is 11.7. The summed E-state index contributed by atoms with van der Waals surface area (Å²) >= 11 is 0. The van der Waals surface area contributed by atoms with E-state index in [2.05, 4.69) is 20.4 Å². The molecule has 0 radical (unpaired) electrons. The summed E-state index contributed by atoms with van der Waals surface area (Å²) in [6.07, 6.45) is 5.15. The van der Waals surface area contributed by atoms with Gasteiger partial charge in [0.25, 0.3) is 5.91 Å². The van der Waals surface area contributed by atoms with Crippen molar-refractivity contribution in [2.75, 3.05) is 0 Å². The third-order valence-electron chi connectivity index (χ3n) is 3.64. The van der Waals surface area contributed by atoms with Gasteiger partial charge in [0.05, 0.1) is 12.6 Å². The van der Waals surface area contributed by atoms with E-state index in [0.29, 0.717) is 17.2 Å². The zero-order chi connectivity index (χ0) is 14.8. The first kappa shape index (κ1) is 13.7. The molecule has 2 heterocycles. The number of aryl methyl sites for hydroxylation is 1. The van der Waals surface area contributed by atoms with Gasteiger partial charge in [-0.25, -0.2) is 4.98 Å². The molecule has 0 saturated heterocycles. The first-order chi connectivity index (χ1) is 10.2. The standard InChI is InChI=1S/C14H17N5O2/c1-19-13(16-8-17-19)12(10-2-3-10)18-14(21)11-6-9(7-20)4-5-15-11/h4-6,8,10,12,20H,2-3,7H2,1H3,(H,18,21). The van der Waals surface area contributed by atoms with E-state index in [9.17, 15) is 4.79 Å². The van der Waals surface area contributed by atoms with Gasteiger partial charge in [-0.05, 0) is 36.5 Å². The minimum absolute atomic E-state index is 0.113. The van der Waals surface area contributed by atoms with Crippen LogP contribution in [-0.4, -0.2) is 30.8 Å². The van der Waals surface area contributed by atoms with Crippen LogP contribution in [0, 0.1) is 5.92 Å². The van der Waals surface area contributed by atoms with E-state index >= 15 is 0 Å². The zero-order valence-electron chi connectivity index (χ0n) is 11.7. The second-order valence-electron chi connectivity index (χ2n) is 5.24. The number of pyridine rings is 1. The van der Waals surface area contributed by atoms with Crippen molar-refractivity contribution in [2.45, 2.75) is 25.5 Å². The maximum absolute atomic E-state index is 12.3. The van der Waals surface area contributed by atoms with E-state index in [1.54, 1.807) is 16.8 Å². The molecular formula is C14H17N5O2. The molecule has 1 aliphatic rings. The minimum atomic E-state index is -0.259. The molecule has 7 nitrogen and oxygen atoms in total. The predicted molar refractivity (Wildman–Crippen MR) is 74.1 cm³/mol. The van der Waals surface area contributed by atoms with Gasteiger partial charge in [-0.15, -0.1) is 0 Å². The molecule has 3 rings (SSSR count). The molecule has 110 valence electrons. The largest absolute Gasteiger partial charge is 0.392 e. The lowest BCUT2D eigenvalue weighted by Gasteiger charge is -2.17. The van der Waals surface area contributed by atoms with Crippen LogP contribution in [0.5, 0.6) is 0 Å². The molecular weight excluding hydrogens is 270 g/mol. The van der Waals surface area contributed by atoms with Crippen LogP contribution < -0.4 is 5.32 Å². The Morgan fingerprint density at radius 2 is 2.33 bits per heavy atom. The van der Waals surface area contributed by atoms with Gasteiger partial charge < -0.3 is 10.4 Å². The molecule has 1 aliphatic carbocycles. The molecule has 0 bridgehead atoms. The molecule has 0 aliphatic heterocycles. The van der Waals surface area contributed by atoms with Gasteiger partial charge in [0.2, 0.25) is 0 Å². The van der Waals surface area contributed by atoms with Crippen LogP contribution in [0.25, 0.3) is 0 Å². The molecule has 1 unspecified atom stereocenters. The van der Waals surface area contributed by atoms with Gasteiger partial charge in [-0.1, -0.05) is 0 Å². The van der Waals surface area contributed by atoms with E-state index in [0.717, 1.165) is 18.7 Å². The van der Waals surface area contributed by atoms with Crippen molar-refractivity contribution in [1.82, 2.24) is 25.1 Å². The quantitative estimate of drug-likeness (QED) is 0.839. The molecule has 1 fully saturated rings. The van der Waals surface area contributed by atoms with Gasteiger partial charge in [0.1, 0.15) is 17.8 Å². The van der Waals surface area contributed by atoms with E-state index < -0.39 is 0 Å². The van der Waals surface area contributed by atoms with Crippen molar-refractivity contribution in [2.24, 2.45) is 13.0 Å². The predicted octanol–water partition coefficient (Wildman–Crippen LogP) is 0.583. The lowest BCUT2D eigenvalue weighted by atomic mass is 10.1. The molecule has 2 aromatic heterocycles. The summed E-state index contributed by atoms with van der Waals surface area (Å²) in [6, 6.07) is 3.12. The molecule has 0 aromatic carbocycles. The highest BCUT2D eigenvalue weighted by Crippen LogP contribution is 2.40. The lowest BCUT2D eigenvalue weighted by molar-refractivity contribution is 0.0923. The number of aromatic nitrogens is 4. The molecule has 7 heteroatoms. The topological polar surface area (TPSA) is 92.9 Å². The third-order valence-corrected chi connectivity index (χ3v) is 3.64. The summed E-state index contributed by atoms with van der Waals surface area (Å²) in [5.74, 6) is 0.896. The Bertz CT molecular complexity index is 650. The van der Waals surface area contributed by atoms with Crippen molar-refractivity contribution < 1.29 is 9.90 Å². The number of nitrogens with one attached hydrogen (secondary N) is 1. The van der Waals surface area contributed by atoms with E-state index in [1.165, 1.54) is 12.5 Å². The summed E-state index contributed by atoms with van der Waals surface area (Å²) in [6.45, 7) is -0.113. The first-order valence-corrected chi connectivity index (χ1v) is 6.89.